The summed E-state index contributed by atoms with van der Waals surface area (Å²) >= 11 is 0. The first-order chi connectivity index (χ1) is 6.49. The van der Waals surface area contributed by atoms with E-state index in [1.165, 1.54) is 0 Å². The van der Waals surface area contributed by atoms with Crippen LogP contribution >= 0.6 is 0 Å². The van der Waals surface area contributed by atoms with Crippen LogP contribution in [0, 0.1) is 0 Å². The molecule has 4 heteroatoms. The molecule has 4 nitrogen and oxygen atoms in total. The lowest BCUT2D eigenvalue weighted by Gasteiger charge is -2.26. The summed E-state index contributed by atoms with van der Waals surface area (Å²) in [4.78, 5) is 11.4. The molecule has 0 fully saturated rings. The second-order valence-corrected chi connectivity index (χ2v) is 3.66. The summed E-state index contributed by atoms with van der Waals surface area (Å²) in [6.07, 6.45) is 1.30. The predicted octanol–water partition coefficient (Wildman–Crippen LogP) is 0.262. The molecule has 0 aromatic heterocycles. The van der Waals surface area contributed by atoms with E-state index in [1.807, 2.05) is 13.8 Å². The maximum absolute atomic E-state index is 11.4. The Morgan fingerprint density at radius 2 is 1.93 bits per heavy atom. The van der Waals surface area contributed by atoms with Crippen molar-refractivity contribution in [3.8, 4) is 0 Å². The number of hydrogen-bond donors (Lipinski definition) is 3. The summed E-state index contributed by atoms with van der Waals surface area (Å²) in [6, 6.07) is -0.215. The molecule has 3 N–H and O–H groups in total. The van der Waals surface area contributed by atoms with Crippen LogP contribution in [-0.4, -0.2) is 36.2 Å². The SMILES string of the molecule is CCC(O)(CC)CNC(=O)C(C)NC. The van der Waals surface area contributed by atoms with Crippen molar-refractivity contribution in [1.29, 1.82) is 0 Å². The van der Waals surface area contributed by atoms with Crippen LogP contribution in [0.15, 0.2) is 0 Å². The molecule has 84 valence electrons. The molecule has 0 heterocycles. The van der Waals surface area contributed by atoms with Crippen molar-refractivity contribution in [2.24, 2.45) is 0 Å². The van der Waals surface area contributed by atoms with Gasteiger partial charge in [0, 0.05) is 6.54 Å². The van der Waals surface area contributed by atoms with Crippen LogP contribution in [0.5, 0.6) is 0 Å². The summed E-state index contributed by atoms with van der Waals surface area (Å²) in [5.41, 5.74) is -0.761. The molecule has 0 radical (unpaired) electrons. The van der Waals surface area contributed by atoms with Crippen LogP contribution in [0.4, 0.5) is 0 Å². The molecule has 1 unspecified atom stereocenters. The van der Waals surface area contributed by atoms with Crippen molar-refractivity contribution >= 4 is 5.91 Å². The van der Waals surface area contributed by atoms with Gasteiger partial charge < -0.3 is 15.7 Å². The summed E-state index contributed by atoms with van der Waals surface area (Å²) < 4.78 is 0. The molecule has 0 rings (SSSR count). The van der Waals surface area contributed by atoms with Crippen LogP contribution < -0.4 is 10.6 Å². The van der Waals surface area contributed by atoms with Crippen molar-refractivity contribution in [2.75, 3.05) is 13.6 Å². The third-order valence-corrected chi connectivity index (χ3v) is 2.73. The maximum Gasteiger partial charge on any atom is 0.236 e. The monoisotopic (exact) mass is 202 g/mol. The number of nitrogens with one attached hydrogen (secondary N) is 2. The number of likely N-dealkylation sites (N-methyl/N-ethyl adjacent to an activating group) is 1. The van der Waals surface area contributed by atoms with Crippen LogP contribution in [-0.2, 0) is 4.79 Å². The van der Waals surface area contributed by atoms with Gasteiger partial charge in [0.25, 0.3) is 0 Å². The number of carbonyl (C=O) groups excluding carboxylic acids is 1. The minimum atomic E-state index is -0.761. The van der Waals surface area contributed by atoms with Crippen LogP contribution in [0.2, 0.25) is 0 Å². The van der Waals surface area contributed by atoms with Gasteiger partial charge in [-0.05, 0) is 26.8 Å². The Morgan fingerprint density at radius 3 is 2.29 bits per heavy atom. The summed E-state index contributed by atoms with van der Waals surface area (Å²) in [7, 11) is 1.73. The van der Waals surface area contributed by atoms with E-state index < -0.39 is 5.60 Å². The summed E-state index contributed by atoms with van der Waals surface area (Å²) in [5, 5.41) is 15.5. The van der Waals surface area contributed by atoms with Crippen molar-refractivity contribution in [1.82, 2.24) is 10.6 Å². The van der Waals surface area contributed by atoms with E-state index in [9.17, 15) is 9.90 Å². The fraction of sp³-hybridized carbons (Fsp3) is 0.900. The number of rotatable bonds is 6. The number of aliphatic hydroxyl groups is 1. The third-order valence-electron chi connectivity index (χ3n) is 2.73. The molecule has 1 atom stereocenters. The lowest BCUT2D eigenvalue weighted by molar-refractivity contribution is -0.124. The Morgan fingerprint density at radius 1 is 1.43 bits per heavy atom. The summed E-state index contributed by atoms with van der Waals surface area (Å²) in [6.45, 7) is 5.94. The van der Waals surface area contributed by atoms with Gasteiger partial charge in [-0.3, -0.25) is 4.79 Å². The molecule has 14 heavy (non-hydrogen) atoms. The topological polar surface area (TPSA) is 61.4 Å². The second kappa shape index (κ2) is 5.98. The zero-order valence-electron chi connectivity index (χ0n) is 9.55. The number of hydrogen-bond acceptors (Lipinski definition) is 3. The Labute approximate surface area is 86.1 Å². The molecule has 0 aromatic rings. The first kappa shape index (κ1) is 13.4. The zero-order valence-corrected chi connectivity index (χ0v) is 9.55. The number of amides is 1. The Balaban J connectivity index is 3.98. The highest BCUT2D eigenvalue weighted by molar-refractivity contribution is 5.81. The van der Waals surface area contributed by atoms with Crippen LogP contribution in [0.25, 0.3) is 0 Å². The molecule has 1 amide bonds. The third kappa shape index (κ3) is 4.07. The maximum atomic E-state index is 11.4. The standard InChI is InChI=1S/C10H22N2O2/c1-5-10(14,6-2)7-12-9(13)8(3)11-4/h8,11,14H,5-7H2,1-4H3,(H,12,13). The average molecular weight is 202 g/mol. The van der Waals surface area contributed by atoms with Crippen molar-refractivity contribution < 1.29 is 9.90 Å². The smallest absolute Gasteiger partial charge is 0.236 e. The van der Waals surface area contributed by atoms with E-state index in [0.717, 1.165) is 0 Å². The lowest BCUT2D eigenvalue weighted by Crippen LogP contribution is -2.47. The Bertz CT molecular complexity index is 179. The molecule has 0 aliphatic rings. The Hall–Kier alpha value is -0.610. The van der Waals surface area contributed by atoms with Crippen molar-refractivity contribution in [3.63, 3.8) is 0 Å². The molecular formula is C10H22N2O2. The van der Waals surface area contributed by atoms with Crippen molar-refractivity contribution in [2.45, 2.75) is 45.3 Å². The van der Waals surface area contributed by atoms with E-state index in [4.69, 9.17) is 0 Å². The van der Waals surface area contributed by atoms with E-state index in [0.29, 0.717) is 19.4 Å². The van der Waals surface area contributed by atoms with Gasteiger partial charge in [-0.2, -0.15) is 0 Å². The minimum Gasteiger partial charge on any atom is -0.388 e. The average Bonchev–Trinajstić information content (AvgIpc) is 2.24. The van der Waals surface area contributed by atoms with Crippen LogP contribution in [0.1, 0.15) is 33.6 Å². The molecule has 0 aromatic carbocycles. The molecule has 0 saturated heterocycles. The van der Waals surface area contributed by atoms with Gasteiger partial charge in [0.1, 0.15) is 0 Å². The fourth-order valence-corrected chi connectivity index (χ4v) is 1.04. The molecule has 0 spiro atoms. The molecule has 0 aliphatic carbocycles. The highest BCUT2D eigenvalue weighted by Gasteiger charge is 2.23. The quantitative estimate of drug-likeness (QED) is 0.579. The number of carbonyl (C=O) groups is 1. The van der Waals surface area contributed by atoms with Gasteiger partial charge >= 0.3 is 0 Å². The summed E-state index contributed by atoms with van der Waals surface area (Å²) in [5.74, 6) is -0.0761. The first-order valence-corrected chi connectivity index (χ1v) is 5.16. The van der Waals surface area contributed by atoms with E-state index in [-0.39, 0.29) is 11.9 Å². The van der Waals surface area contributed by atoms with E-state index in [2.05, 4.69) is 10.6 Å². The van der Waals surface area contributed by atoms with Gasteiger partial charge in [0.2, 0.25) is 5.91 Å². The van der Waals surface area contributed by atoms with Crippen LogP contribution in [0.3, 0.4) is 0 Å². The fourth-order valence-electron chi connectivity index (χ4n) is 1.04. The lowest BCUT2D eigenvalue weighted by atomic mass is 9.97. The molecule has 0 saturated carbocycles. The predicted molar refractivity (Wildman–Crippen MR) is 57.1 cm³/mol. The van der Waals surface area contributed by atoms with E-state index >= 15 is 0 Å². The normalized spacial score (nSPS) is 13.8. The Kier molecular flexibility index (Phi) is 5.72. The van der Waals surface area contributed by atoms with Gasteiger partial charge in [-0.25, -0.2) is 0 Å². The largest absolute Gasteiger partial charge is 0.388 e. The van der Waals surface area contributed by atoms with Gasteiger partial charge in [-0.1, -0.05) is 13.8 Å². The highest BCUT2D eigenvalue weighted by Crippen LogP contribution is 2.12. The molecule has 0 aliphatic heterocycles. The second-order valence-electron chi connectivity index (χ2n) is 3.66. The van der Waals surface area contributed by atoms with Crippen molar-refractivity contribution in [3.05, 3.63) is 0 Å². The van der Waals surface area contributed by atoms with Gasteiger partial charge in [0.15, 0.2) is 0 Å². The minimum absolute atomic E-state index is 0.0761. The van der Waals surface area contributed by atoms with Gasteiger partial charge in [-0.15, -0.1) is 0 Å². The molecule has 0 bridgehead atoms. The van der Waals surface area contributed by atoms with Gasteiger partial charge in [0.05, 0.1) is 11.6 Å². The molecular weight excluding hydrogens is 180 g/mol. The highest BCUT2D eigenvalue weighted by atomic mass is 16.3. The zero-order chi connectivity index (χ0) is 11.2. The van der Waals surface area contributed by atoms with E-state index in [1.54, 1.807) is 14.0 Å². The first-order valence-electron chi connectivity index (χ1n) is 5.16.